The number of ketones is 1. The monoisotopic (exact) mass is 397 g/mol. The fraction of sp³-hybridized carbons (Fsp3) is 0.316. The van der Waals surface area contributed by atoms with Crippen LogP contribution in [-0.4, -0.2) is 35.9 Å². The average Bonchev–Trinajstić information content (AvgIpc) is 2.93. The smallest absolute Gasteiger partial charge is 0.417 e. The van der Waals surface area contributed by atoms with Crippen LogP contribution >= 0.6 is 0 Å². The van der Waals surface area contributed by atoms with E-state index < -0.39 is 41.6 Å². The second kappa shape index (κ2) is 8.28. The van der Waals surface area contributed by atoms with Crippen LogP contribution in [0.2, 0.25) is 0 Å². The zero-order chi connectivity index (χ0) is 21.1. The molecule has 6 nitrogen and oxygen atoms in total. The molecule has 0 radical (unpaired) electrons. The number of aromatic nitrogens is 1. The summed E-state index contributed by atoms with van der Waals surface area (Å²) in [6.07, 6.45) is -4.74. The summed E-state index contributed by atoms with van der Waals surface area (Å²) in [6, 6.07) is 4.11. The summed E-state index contributed by atoms with van der Waals surface area (Å²) in [6.45, 7) is 3.99. The van der Waals surface area contributed by atoms with Crippen LogP contribution in [0.3, 0.4) is 0 Å². The van der Waals surface area contributed by atoms with Gasteiger partial charge in [0.1, 0.15) is 0 Å². The van der Waals surface area contributed by atoms with Crippen molar-refractivity contribution in [2.75, 3.05) is 13.2 Å². The van der Waals surface area contributed by atoms with Gasteiger partial charge in [-0.25, -0.2) is 9.59 Å². The van der Waals surface area contributed by atoms with Crippen LogP contribution in [0.25, 0.3) is 0 Å². The highest BCUT2D eigenvalue weighted by molar-refractivity contribution is 6.09. The molecule has 0 fully saturated rings. The molecule has 0 unspecified atom stereocenters. The fourth-order valence-electron chi connectivity index (χ4n) is 2.78. The third-order valence-corrected chi connectivity index (χ3v) is 3.92. The second-order valence-corrected chi connectivity index (χ2v) is 5.89. The number of alkyl halides is 3. The standard InChI is InChI=1S/C19H18F3NO5/c1-4-27-18(26)16-11(3)23-10(2)15(16)14(24)9-28-17(25)12-7-5-6-8-13(12)19(20,21)22/h5-8,23H,4,9H2,1-3H3. The lowest BCUT2D eigenvalue weighted by atomic mass is 10.0. The first kappa shape index (κ1) is 21.2. The lowest BCUT2D eigenvalue weighted by Gasteiger charge is -2.12. The number of nitrogens with one attached hydrogen (secondary N) is 1. The normalized spacial score (nSPS) is 11.2. The van der Waals surface area contributed by atoms with Gasteiger partial charge in [0.05, 0.1) is 28.9 Å². The van der Waals surface area contributed by atoms with E-state index in [2.05, 4.69) is 4.98 Å². The van der Waals surface area contributed by atoms with Gasteiger partial charge in [0.15, 0.2) is 6.61 Å². The van der Waals surface area contributed by atoms with Crippen LogP contribution in [-0.2, 0) is 15.7 Å². The number of halogens is 3. The van der Waals surface area contributed by atoms with Gasteiger partial charge in [-0.05, 0) is 32.9 Å². The predicted molar refractivity (Wildman–Crippen MR) is 92.3 cm³/mol. The van der Waals surface area contributed by atoms with E-state index in [1.807, 2.05) is 0 Å². The third-order valence-electron chi connectivity index (χ3n) is 3.92. The number of benzene rings is 1. The zero-order valence-electron chi connectivity index (χ0n) is 15.4. The quantitative estimate of drug-likeness (QED) is 0.591. The van der Waals surface area contributed by atoms with Crippen LogP contribution in [0, 0.1) is 13.8 Å². The van der Waals surface area contributed by atoms with Gasteiger partial charge >= 0.3 is 18.1 Å². The molecule has 28 heavy (non-hydrogen) atoms. The lowest BCUT2D eigenvalue weighted by molar-refractivity contribution is -0.138. The number of esters is 2. The molecule has 9 heteroatoms. The van der Waals surface area contributed by atoms with Crippen LogP contribution in [0.5, 0.6) is 0 Å². The van der Waals surface area contributed by atoms with Crippen molar-refractivity contribution in [1.29, 1.82) is 0 Å². The summed E-state index contributed by atoms with van der Waals surface area (Å²) < 4.78 is 48.7. The molecular weight excluding hydrogens is 379 g/mol. The number of hydrogen-bond acceptors (Lipinski definition) is 5. The van der Waals surface area contributed by atoms with E-state index in [0.29, 0.717) is 11.4 Å². The summed E-state index contributed by atoms with van der Waals surface area (Å²) in [5.41, 5.74) is -1.11. The Balaban J connectivity index is 2.22. The van der Waals surface area contributed by atoms with Gasteiger partial charge in [-0.1, -0.05) is 12.1 Å². The zero-order valence-corrected chi connectivity index (χ0v) is 15.4. The van der Waals surface area contributed by atoms with Crippen molar-refractivity contribution >= 4 is 17.7 Å². The maximum atomic E-state index is 13.0. The highest BCUT2D eigenvalue weighted by Gasteiger charge is 2.35. The van der Waals surface area contributed by atoms with Crippen molar-refractivity contribution in [3.8, 4) is 0 Å². The van der Waals surface area contributed by atoms with Crippen LogP contribution in [0.15, 0.2) is 24.3 Å². The van der Waals surface area contributed by atoms with Crippen molar-refractivity contribution in [3.05, 3.63) is 57.9 Å². The number of carbonyl (C=O) groups is 3. The topological polar surface area (TPSA) is 85.5 Å². The molecule has 2 aromatic rings. The molecule has 0 amide bonds. The number of hydrogen-bond donors (Lipinski definition) is 1. The Kier molecular flexibility index (Phi) is 6.27. The summed E-state index contributed by atoms with van der Waals surface area (Å²) in [5.74, 6) is -2.74. The molecular formula is C19H18F3NO5. The largest absolute Gasteiger partial charge is 0.462 e. The molecule has 150 valence electrons. The van der Waals surface area contributed by atoms with Gasteiger partial charge in [-0.2, -0.15) is 13.2 Å². The van der Waals surface area contributed by atoms with Gasteiger partial charge < -0.3 is 14.5 Å². The Morgan fingerprint density at radius 2 is 1.57 bits per heavy atom. The van der Waals surface area contributed by atoms with Crippen LogP contribution in [0.1, 0.15) is 54.9 Å². The Morgan fingerprint density at radius 1 is 0.964 bits per heavy atom. The summed E-state index contributed by atoms with van der Waals surface area (Å²) in [4.78, 5) is 39.5. The molecule has 1 heterocycles. The van der Waals surface area contributed by atoms with Gasteiger partial charge in [0.25, 0.3) is 0 Å². The SMILES string of the molecule is CCOC(=O)c1c(C)[nH]c(C)c1C(=O)COC(=O)c1ccccc1C(F)(F)F. The first-order valence-corrected chi connectivity index (χ1v) is 8.30. The van der Waals surface area contributed by atoms with Crippen molar-refractivity contribution in [2.24, 2.45) is 0 Å². The van der Waals surface area contributed by atoms with E-state index in [4.69, 9.17) is 9.47 Å². The predicted octanol–water partition coefficient (Wildman–Crippen LogP) is 3.87. The first-order chi connectivity index (χ1) is 13.1. The highest BCUT2D eigenvalue weighted by atomic mass is 19.4. The van der Waals surface area contributed by atoms with Crippen molar-refractivity contribution in [1.82, 2.24) is 4.98 Å². The Labute approximate surface area is 158 Å². The number of Topliss-reactive ketones (excluding diaryl/α,β-unsaturated/α-hetero) is 1. The molecule has 0 atom stereocenters. The number of H-pyrrole nitrogens is 1. The van der Waals surface area contributed by atoms with E-state index in [9.17, 15) is 27.6 Å². The molecule has 0 aliphatic rings. The molecule has 1 aromatic heterocycles. The van der Waals surface area contributed by atoms with Crippen LogP contribution in [0.4, 0.5) is 13.2 Å². The molecule has 0 aliphatic heterocycles. The van der Waals surface area contributed by atoms with E-state index >= 15 is 0 Å². The summed E-state index contributed by atoms with van der Waals surface area (Å²) in [7, 11) is 0. The van der Waals surface area contributed by atoms with Crippen molar-refractivity contribution in [2.45, 2.75) is 26.9 Å². The molecule has 2 rings (SSSR count). The molecule has 1 N–H and O–H groups in total. The Hall–Kier alpha value is -3.10. The Bertz CT molecular complexity index is 915. The number of ether oxygens (including phenoxy) is 2. The minimum Gasteiger partial charge on any atom is -0.462 e. The summed E-state index contributed by atoms with van der Waals surface area (Å²) >= 11 is 0. The molecule has 0 saturated heterocycles. The van der Waals surface area contributed by atoms with Crippen molar-refractivity contribution in [3.63, 3.8) is 0 Å². The molecule has 1 aromatic carbocycles. The number of aryl methyl sites for hydroxylation is 2. The van der Waals surface area contributed by atoms with E-state index in [-0.39, 0.29) is 17.7 Å². The average molecular weight is 397 g/mol. The summed E-state index contributed by atoms with van der Waals surface area (Å²) in [5, 5.41) is 0. The van der Waals surface area contributed by atoms with E-state index in [1.54, 1.807) is 20.8 Å². The van der Waals surface area contributed by atoms with Gasteiger partial charge in [-0.3, -0.25) is 4.79 Å². The van der Waals surface area contributed by atoms with E-state index in [0.717, 1.165) is 18.2 Å². The lowest BCUT2D eigenvalue weighted by Crippen LogP contribution is -2.20. The van der Waals surface area contributed by atoms with Gasteiger partial charge in [-0.15, -0.1) is 0 Å². The second-order valence-electron chi connectivity index (χ2n) is 5.89. The highest BCUT2D eigenvalue weighted by Crippen LogP contribution is 2.32. The number of aromatic amines is 1. The van der Waals surface area contributed by atoms with Crippen molar-refractivity contribution < 1.29 is 37.0 Å². The molecule has 0 aliphatic carbocycles. The minimum atomic E-state index is -4.74. The minimum absolute atomic E-state index is 0.0103. The Morgan fingerprint density at radius 3 is 2.18 bits per heavy atom. The maximum absolute atomic E-state index is 13.0. The van der Waals surface area contributed by atoms with Gasteiger partial charge in [0.2, 0.25) is 5.78 Å². The number of rotatable bonds is 6. The van der Waals surface area contributed by atoms with E-state index in [1.165, 1.54) is 6.07 Å². The fourth-order valence-corrected chi connectivity index (χ4v) is 2.78. The first-order valence-electron chi connectivity index (χ1n) is 8.30. The number of carbonyl (C=O) groups excluding carboxylic acids is 3. The van der Waals surface area contributed by atoms with Crippen LogP contribution < -0.4 is 0 Å². The molecule has 0 bridgehead atoms. The van der Waals surface area contributed by atoms with Gasteiger partial charge in [0, 0.05) is 11.4 Å². The molecule has 0 spiro atoms. The third kappa shape index (κ3) is 4.41. The maximum Gasteiger partial charge on any atom is 0.417 e. The molecule has 0 saturated carbocycles.